The molecule has 1 atom stereocenters. The van der Waals surface area contributed by atoms with Gasteiger partial charge in [0.1, 0.15) is 0 Å². The highest BCUT2D eigenvalue weighted by Gasteiger charge is 2.32. The fourth-order valence-electron chi connectivity index (χ4n) is 4.25. The summed E-state index contributed by atoms with van der Waals surface area (Å²) in [6.45, 7) is 5.92. The Labute approximate surface area is 183 Å². The second-order valence-corrected chi connectivity index (χ2v) is 8.58. The number of hydrogen-bond acceptors (Lipinski definition) is 2. The molecule has 1 aliphatic rings. The molecular weight excluding hydrogens is 399 g/mol. The molecule has 1 aliphatic heterocycles. The summed E-state index contributed by atoms with van der Waals surface area (Å²) in [6, 6.07) is 25.1. The molecule has 0 aromatic heterocycles. The summed E-state index contributed by atoms with van der Waals surface area (Å²) in [5.41, 5.74) is 4.94. The second kappa shape index (κ2) is 9.32. The van der Waals surface area contributed by atoms with E-state index in [1.165, 1.54) is 11.1 Å². The minimum absolute atomic E-state index is 0.120. The summed E-state index contributed by atoms with van der Waals surface area (Å²) in [7, 11) is 0. The monoisotopic (exact) mass is 424 g/mol. The van der Waals surface area contributed by atoms with Crippen molar-refractivity contribution in [2.75, 3.05) is 13.1 Å². The van der Waals surface area contributed by atoms with Gasteiger partial charge in [-0.15, -0.1) is 0 Å². The molecule has 0 N–H and O–H groups in total. The van der Waals surface area contributed by atoms with E-state index in [1.807, 2.05) is 24.3 Å². The van der Waals surface area contributed by atoms with Crippen LogP contribution in [0.1, 0.15) is 34.8 Å². The summed E-state index contributed by atoms with van der Waals surface area (Å²) < 4.78 is 0. The van der Waals surface area contributed by atoms with E-state index < -0.39 is 0 Å². The van der Waals surface area contributed by atoms with Gasteiger partial charge in [0.25, 0.3) is 0 Å². The largest absolute Gasteiger partial charge is 0.280 e. The molecule has 0 amide bonds. The highest BCUT2D eigenvalue weighted by Crippen LogP contribution is 2.36. The Hall–Kier alpha value is -1.84. The summed E-state index contributed by atoms with van der Waals surface area (Å²) >= 11 is 13.2. The van der Waals surface area contributed by atoms with Crippen LogP contribution in [0, 0.1) is 6.92 Å². The third-order valence-corrected chi connectivity index (χ3v) is 6.28. The lowest BCUT2D eigenvalue weighted by atomic mass is 10.0. The number of aryl methyl sites for hydroxylation is 1. The molecule has 29 heavy (non-hydrogen) atoms. The molecule has 2 nitrogen and oxygen atoms in total. The van der Waals surface area contributed by atoms with E-state index in [2.05, 4.69) is 65.3 Å². The van der Waals surface area contributed by atoms with Crippen LogP contribution in [-0.2, 0) is 13.1 Å². The van der Waals surface area contributed by atoms with Crippen LogP contribution in [-0.4, -0.2) is 22.9 Å². The first-order valence-corrected chi connectivity index (χ1v) is 10.9. The van der Waals surface area contributed by atoms with Gasteiger partial charge in [-0.05, 0) is 36.6 Å². The highest BCUT2D eigenvalue weighted by atomic mass is 35.5. The maximum Gasteiger partial charge on any atom is 0.0906 e. The zero-order chi connectivity index (χ0) is 20.2. The van der Waals surface area contributed by atoms with Gasteiger partial charge in [-0.25, -0.2) is 0 Å². The first kappa shape index (κ1) is 20.4. The van der Waals surface area contributed by atoms with Crippen molar-refractivity contribution in [1.29, 1.82) is 0 Å². The number of halogens is 2. The third-order valence-electron chi connectivity index (χ3n) is 5.57. The molecular formula is C25H26Cl2N2. The average molecular weight is 425 g/mol. The molecule has 150 valence electrons. The van der Waals surface area contributed by atoms with Gasteiger partial charge in [-0.3, -0.25) is 9.80 Å². The summed E-state index contributed by atoms with van der Waals surface area (Å²) in [5, 5.41) is 1.64. The molecule has 0 bridgehead atoms. The van der Waals surface area contributed by atoms with Gasteiger partial charge in [0.05, 0.1) is 6.17 Å². The molecule has 3 aromatic carbocycles. The number of hydrogen-bond donors (Lipinski definition) is 0. The van der Waals surface area contributed by atoms with Crippen LogP contribution in [0.4, 0.5) is 0 Å². The molecule has 4 rings (SSSR count). The Morgan fingerprint density at radius 2 is 1.48 bits per heavy atom. The Kier molecular flexibility index (Phi) is 6.56. The van der Waals surface area contributed by atoms with E-state index in [4.69, 9.17) is 23.2 Å². The van der Waals surface area contributed by atoms with Gasteiger partial charge >= 0.3 is 0 Å². The Balaban J connectivity index is 1.68. The van der Waals surface area contributed by atoms with Crippen LogP contribution in [0.25, 0.3) is 0 Å². The first-order chi connectivity index (χ1) is 14.1. The third kappa shape index (κ3) is 4.84. The van der Waals surface area contributed by atoms with Crippen molar-refractivity contribution in [1.82, 2.24) is 9.80 Å². The van der Waals surface area contributed by atoms with Crippen LogP contribution in [0.2, 0.25) is 10.0 Å². The van der Waals surface area contributed by atoms with Gasteiger partial charge in [0, 0.05) is 41.8 Å². The van der Waals surface area contributed by atoms with E-state index in [-0.39, 0.29) is 6.17 Å². The fraction of sp³-hybridized carbons (Fsp3) is 0.280. The highest BCUT2D eigenvalue weighted by molar-refractivity contribution is 6.31. The van der Waals surface area contributed by atoms with E-state index in [9.17, 15) is 0 Å². The lowest BCUT2D eigenvalue weighted by Gasteiger charge is -2.44. The van der Waals surface area contributed by atoms with Gasteiger partial charge in [-0.1, -0.05) is 89.4 Å². The Bertz CT molecular complexity index is 972. The molecule has 1 saturated heterocycles. The fourth-order valence-corrected chi connectivity index (χ4v) is 4.68. The Morgan fingerprint density at radius 1 is 0.793 bits per heavy atom. The molecule has 3 aromatic rings. The minimum atomic E-state index is 0.120. The quantitative estimate of drug-likeness (QED) is 0.448. The molecule has 0 unspecified atom stereocenters. The molecule has 0 saturated carbocycles. The van der Waals surface area contributed by atoms with Crippen molar-refractivity contribution in [2.45, 2.75) is 32.6 Å². The van der Waals surface area contributed by atoms with Crippen molar-refractivity contribution in [3.05, 3.63) is 105 Å². The van der Waals surface area contributed by atoms with Crippen LogP contribution < -0.4 is 0 Å². The number of rotatable bonds is 5. The smallest absolute Gasteiger partial charge is 0.0906 e. The standard InChI is InChI=1S/C25H26Cl2N2/c1-19-8-6-9-20(16-19)17-28-14-7-15-29(18-21-10-2-4-12-23(21)26)25(28)22-11-3-5-13-24(22)27/h2-6,8-13,16,25H,7,14-15,17-18H2,1H3/t25-/m1/s1. The van der Waals surface area contributed by atoms with Crippen molar-refractivity contribution >= 4 is 23.2 Å². The van der Waals surface area contributed by atoms with Crippen molar-refractivity contribution in [3.8, 4) is 0 Å². The first-order valence-electron chi connectivity index (χ1n) is 10.1. The summed E-state index contributed by atoms with van der Waals surface area (Å²) in [5.74, 6) is 0. The normalized spacial score (nSPS) is 18.1. The minimum Gasteiger partial charge on any atom is -0.280 e. The topological polar surface area (TPSA) is 6.48 Å². The van der Waals surface area contributed by atoms with Crippen LogP contribution >= 0.6 is 23.2 Å². The predicted octanol–water partition coefficient (Wildman–Crippen LogP) is 6.71. The Morgan fingerprint density at radius 3 is 2.21 bits per heavy atom. The van der Waals surface area contributed by atoms with Crippen LogP contribution in [0.15, 0.2) is 72.8 Å². The molecule has 0 radical (unpaired) electrons. The summed E-state index contributed by atoms with van der Waals surface area (Å²) in [6.07, 6.45) is 1.24. The molecule has 1 heterocycles. The van der Waals surface area contributed by atoms with Gasteiger partial charge in [0.2, 0.25) is 0 Å². The lowest BCUT2D eigenvalue weighted by Crippen LogP contribution is -2.47. The zero-order valence-electron chi connectivity index (χ0n) is 16.7. The number of nitrogens with zero attached hydrogens (tertiary/aromatic N) is 2. The van der Waals surface area contributed by atoms with Crippen molar-refractivity contribution in [2.24, 2.45) is 0 Å². The maximum atomic E-state index is 6.67. The van der Waals surface area contributed by atoms with Crippen LogP contribution in [0.3, 0.4) is 0 Å². The number of benzene rings is 3. The molecule has 4 heteroatoms. The van der Waals surface area contributed by atoms with Crippen LogP contribution in [0.5, 0.6) is 0 Å². The summed E-state index contributed by atoms with van der Waals surface area (Å²) in [4.78, 5) is 5.04. The van der Waals surface area contributed by atoms with E-state index in [0.717, 1.165) is 53.8 Å². The average Bonchev–Trinajstić information content (AvgIpc) is 2.71. The predicted molar refractivity (Wildman–Crippen MR) is 122 cm³/mol. The van der Waals surface area contributed by atoms with Crippen molar-refractivity contribution < 1.29 is 0 Å². The van der Waals surface area contributed by atoms with Gasteiger partial charge < -0.3 is 0 Å². The van der Waals surface area contributed by atoms with Crippen molar-refractivity contribution in [3.63, 3.8) is 0 Å². The van der Waals surface area contributed by atoms with E-state index in [1.54, 1.807) is 0 Å². The molecule has 0 aliphatic carbocycles. The zero-order valence-corrected chi connectivity index (χ0v) is 18.2. The second-order valence-electron chi connectivity index (χ2n) is 7.77. The molecule has 1 fully saturated rings. The van der Waals surface area contributed by atoms with Gasteiger partial charge in [-0.2, -0.15) is 0 Å². The SMILES string of the molecule is Cc1cccc(CN2CCCN(Cc3ccccc3Cl)[C@@H]2c2ccccc2Cl)c1. The molecule has 0 spiro atoms. The lowest BCUT2D eigenvalue weighted by molar-refractivity contribution is -0.00901. The van der Waals surface area contributed by atoms with Gasteiger partial charge in [0.15, 0.2) is 0 Å². The van der Waals surface area contributed by atoms with E-state index in [0.29, 0.717) is 0 Å². The van der Waals surface area contributed by atoms with E-state index >= 15 is 0 Å². The maximum absolute atomic E-state index is 6.67.